The van der Waals surface area contributed by atoms with Crippen LogP contribution in [-0.4, -0.2) is 86.7 Å². The maximum absolute atomic E-state index is 13.8. The lowest BCUT2D eigenvalue weighted by Crippen LogP contribution is -2.30. The van der Waals surface area contributed by atoms with E-state index in [0.29, 0.717) is 75.6 Å². The number of benzene rings is 3. The van der Waals surface area contributed by atoms with E-state index in [9.17, 15) is 19.8 Å². The van der Waals surface area contributed by atoms with Crippen molar-refractivity contribution in [3.8, 4) is 17.2 Å². The molecule has 0 atom stereocenters. The number of hydrogen-bond acceptors (Lipinski definition) is 11. The van der Waals surface area contributed by atoms with Gasteiger partial charge in [0.05, 0.1) is 71.2 Å². The third-order valence-corrected chi connectivity index (χ3v) is 10.6. The quantitative estimate of drug-likeness (QED) is 0.0623. The lowest BCUT2D eigenvalue weighted by Gasteiger charge is -2.30. The minimum Gasteiger partial charge on any atom is -0.507 e. The summed E-state index contributed by atoms with van der Waals surface area (Å²) in [5.74, 6) is -0.484. The van der Waals surface area contributed by atoms with Crippen LogP contribution < -0.4 is 19.3 Å². The molecule has 0 radical (unpaired) electrons. The van der Waals surface area contributed by atoms with Crippen LogP contribution in [0.1, 0.15) is 79.2 Å². The fourth-order valence-corrected chi connectivity index (χ4v) is 7.58. The Morgan fingerprint density at radius 1 is 0.629 bits per heavy atom. The number of allylic oxidation sites excluding steroid dienone is 6. The number of nitrogens with zero attached hydrogens (tertiary/aromatic N) is 2. The van der Waals surface area contributed by atoms with Crippen molar-refractivity contribution >= 4 is 57.4 Å². The SMILES string of the molecule is CCCCCCOCCOCCN(c1ccc(OC(C)C)cc1)c1cc(O)c(C2=C(O)C(=C3C=C(Cl)C(N(CCOCCC)c4ccc(OC(C)C)cc4)=CC3=O)C2=O)cc1Cl. The number of rotatable bonds is 25. The van der Waals surface area contributed by atoms with Gasteiger partial charge >= 0.3 is 0 Å². The first-order chi connectivity index (χ1) is 29.8. The van der Waals surface area contributed by atoms with Crippen molar-refractivity contribution < 1.29 is 43.5 Å². The first-order valence-electron chi connectivity index (χ1n) is 21.5. The highest BCUT2D eigenvalue weighted by atomic mass is 35.5. The van der Waals surface area contributed by atoms with Crippen molar-refractivity contribution in [2.75, 3.05) is 62.5 Å². The first-order valence-corrected chi connectivity index (χ1v) is 22.3. The second-order valence-corrected chi connectivity index (χ2v) is 16.4. The molecule has 334 valence electrons. The largest absolute Gasteiger partial charge is 0.507 e. The number of phenolic OH excluding ortho intramolecular Hbond substituents is 1. The molecule has 3 aromatic carbocycles. The highest BCUT2D eigenvalue weighted by Crippen LogP contribution is 2.46. The molecule has 13 heteroatoms. The maximum atomic E-state index is 13.8. The number of hydrogen-bond donors (Lipinski definition) is 2. The normalized spacial score (nSPS) is 15.3. The van der Waals surface area contributed by atoms with Gasteiger partial charge < -0.3 is 43.7 Å². The van der Waals surface area contributed by atoms with Gasteiger partial charge in [-0.15, -0.1) is 0 Å². The van der Waals surface area contributed by atoms with Gasteiger partial charge in [-0.3, -0.25) is 9.59 Å². The molecular formula is C49H60Cl2N2O9. The van der Waals surface area contributed by atoms with Crippen LogP contribution in [-0.2, 0) is 23.8 Å². The molecule has 2 aliphatic rings. The van der Waals surface area contributed by atoms with E-state index in [2.05, 4.69) is 6.92 Å². The molecule has 3 aromatic rings. The summed E-state index contributed by atoms with van der Waals surface area (Å²) in [6, 6.07) is 17.8. The second kappa shape index (κ2) is 23.6. The highest BCUT2D eigenvalue weighted by molar-refractivity contribution is 6.43. The Kier molecular flexibility index (Phi) is 18.4. The topological polar surface area (TPSA) is 127 Å². The molecule has 0 saturated carbocycles. The maximum Gasteiger partial charge on any atom is 0.202 e. The lowest BCUT2D eigenvalue weighted by molar-refractivity contribution is -0.114. The van der Waals surface area contributed by atoms with Crippen LogP contribution in [0.2, 0.25) is 5.02 Å². The number of carbonyl (C=O) groups is 2. The zero-order chi connectivity index (χ0) is 44.8. The Morgan fingerprint density at radius 3 is 1.76 bits per heavy atom. The van der Waals surface area contributed by atoms with Gasteiger partial charge in [-0.2, -0.15) is 0 Å². The van der Waals surface area contributed by atoms with Crippen LogP contribution in [0, 0.1) is 0 Å². The van der Waals surface area contributed by atoms with Crippen molar-refractivity contribution in [2.45, 2.75) is 85.9 Å². The smallest absolute Gasteiger partial charge is 0.202 e. The number of unbranched alkanes of at least 4 members (excludes halogenated alkanes) is 3. The summed E-state index contributed by atoms with van der Waals surface area (Å²) in [5.41, 5.74) is 1.98. The van der Waals surface area contributed by atoms with E-state index >= 15 is 0 Å². The number of aliphatic hydroxyl groups is 1. The zero-order valence-corrected chi connectivity index (χ0v) is 38.2. The molecule has 0 saturated heterocycles. The third-order valence-electron chi connectivity index (χ3n) is 9.98. The summed E-state index contributed by atoms with van der Waals surface area (Å²) in [5, 5.41) is 23.2. The average Bonchev–Trinajstić information content (AvgIpc) is 3.23. The van der Waals surface area contributed by atoms with Crippen LogP contribution in [0.25, 0.3) is 5.57 Å². The molecule has 0 aliphatic heterocycles. The number of aliphatic hydroxyl groups excluding tert-OH is 1. The van der Waals surface area contributed by atoms with Crippen LogP contribution in [0.15, 0.2) is 100 Å². The van der Waals surface area contributed by atoms with Gasteiger partial charge in [0, 0.05) is 61.0 Å². The molecule has 62 heavy (non-hydrogen) atoms. The molecule has 5 rings (SSSR count). The molecule has 0 spiro atoms. The molecule has 0 heterocycles. The molecule has 2 aliphatic carbocycles. The molecule has 0 aromatic heterocycles. The lowest BCUT2D eigenvalue weighted by atomic mass is 9.79. The standard InChI is InChI=1S/C49H60Cl2N2O9/c1-7-9-10-11-23-59-26-27-60-25-21-53(35-14-18-37(19-15-35)62-33(5)6)43-31-45(55)39(29-41(43)51)47-48(56)46(49(47)57)38-28-40(50)42(30-44(38)54)52(20-24-58-22-8-2)34-12-16-36(17-13-34)61-32(3)4/h12-19,28-33,55-56H,7-11,20-27H2,1-6H3. The first kappa shape index (κ1) is 48.3. The van der Waals surface area contributed by atoms with Crippen molar-refractivity contribution in [3.05, 3.63) is 111 Å². The number of ether oxygens (including phenoxy) is 5. The van der Waals surface area contributed by atoms with Gasteiger partial charge in [-0.1, -0.05) is 56.3 Å². The van der Waals surface area contributed by atoms with Gasteiger partial charge in [0.2, 0.25) is 5.78 Å². The highest BCUT2D eigenvalue weighted by Gasteiger charge is 2.41. The molecule has 0 unspecified atom stereocenters. The van der Waals surface area contributed by atoms with Gasteiger partial charge in [0.25, 0.3) is 0 Å². The van der Waals surface area contributed by atoms with Crippen LogP contribution >= 0.6 is 23.2 Å². The summed E-state index contributed by atoms with van der Waals surface area (Å²) in [4.78, 5) is 31.4. The molecule has 2 N–H and O–H groups in total. The van der Waals surface area contributed by atoms with Gasteiger partial charge in [0.1, 0.15) is 23.0 Å². The Morgan fingerprint density at radius 2 is 1.19 bits per heavy atom. The second-order valence-electron chi connectivity index (χ2n) is 15.6. The third kappa shape index (κ3) is 12.7. The number of anilines is 3. The van der Waals surface area contributed by atoms with E-state index in [-0.39, 0.29) is 50.3 Å². The average molecular weight is 892 g/mol. The number of halogens is 2. The predicted octanol–water partition coefficient (Wildman–Crippen LogP) is 11.0. The molecule has 0 bridgehead atoms. The molecule has 0 amide bonds. The van der Waals surface area contributed by atoms with E-state index in [4.69, 9.17) is 46.9 Å². The number of aromatic hydroxyl groups is 1. The number of Topliss-reactive ketones (excluding diaryl/α,β-unsaturated/α-hetero) is 1. The Bertz CT molecular complexity index is 2130. The van der Waals surface area contributed by atoms with Gasteiger partial charge in [0.15, 0.2) is 5.78 Å². The Labute approximate surface area is 376 Å². The van der Waals surface area contributed by atoms with E-state index in [1.807, 2.05) is 92.9 Å². The van der Waals surface area contributed by atoms with Crippen LogP contribution in [0.3, 0.4) is 0 Å². The summed E-state index contributed by atoms with van der Waals surface area (Å²) in [7, 11) is 0. The number of phenols is 1. The van der Waals surface area contributed by atoms with E-state index in [1.165, 1.54) is 37.1 Å². The Balaban J connectivity index is 1.38. The van der Waals surface area contributed by atoms with Gasteiger partial charge in [-0.25, -0.2) is 0 Å². The molecular weight excluding hydrogens is 831 g/mol. The number of ketones is 2. The van der Waals surface area contributed by atoms with Crippen LogP contribution in [0.5, 0.6) is 17.2 Å². The minimum absolute atomic E-state index is 0.00226. The molecule has 11 nitrogen and oxygen atoms in total. The zero-order valence-electron chi connectivity index (χ0n) is 36.7. The molecule has 0 fully saturated rings. The van der Waals surface area contributed by atoms with Gasteiger partial charge in [-0.05, 0) is 101 Å². The van der Waals surface area contributed by atoms with E-state index in [0.717, 1.165) is 30.6 Å². The summed E-state index contributed by atoms with van der Waals surface area (Å²) in [6.45, 7) is 15.6. The van der Waals surface area contributed by atoms with E-state index in [1.54, 1.807) is 0 Å². The number of carbonyl (C=O) groups excluding carboxylic acids is 2. The predicted molar refractivity (Wildman–Crippen MR) is 247 cm³/mol. The van der Waals surface area contributed by atoms with Crippen molar-refractivity contribution in [1.29, 1.82) is 0 Å². The van der Waals surface area contributed by atoms with Crippen LogP contribution in [0.4, 0.5) is 17.1 Å². The minimum atomic E-state index is -0.633. The van der Waals surface area contributed by atoms with Crippen molar-refractivity contribution in [3.63, 3.8) is 0 Å². The van der Waals surface area contributed by atoms with Crippen molar-refractivity contribution in [1.82, 2.24) is 0 Å². The summed E-state index contributed by atoms with van der Waals surface area (Å²) < 4.78 is 29.1. The fourth-order valence-electron chi connectivity index (χ4n) is 7.05. The monoisotopic (exact) mass is 890 g/mol. The fraction of sp³-hybridized carbons (Fsp3) is 0.429. The summed E-state index contributed by atoms with van der Waals surface area (Å²) in [6.07, 6.45) is 8.14. The summed E-state index contributed by atoms with van der Waals surface area (Å²) >= 11 is 13.8. The van der Waals surface area contributed by atoms with Crippen molar-refractivity contribution in [2.24, 2.45) is 0 Å². The Hall–Kier alpha value is -4.78. The van der Waals surface area contributed by atoms with E-state index < -0.39 is 17.3 Å².